The summed E-state index contributed by atoms with van der Waals surface area (Å²) in [6, 6.07) is 26.1. The molecule has 2 heterocycles. The van der Waals surface area contributed by atoms with Crippen LogP contribution in [0.25, 0.3) is 11.2 Å². The normalized spacial score (nSPS) is 18.5. The number of rotatable bonds is 13. The zero-order chi connectivity index (χ0) is 35.6. The van der Waals surface area contributed by atoms with Gasteiger partial charge in [0.1, 0.15) is 18.5 Å². The molecular formula is C37H37N5O8S. The van der Waals surface area contributed by atoms with Crippen molar-refractivity contribution >= 4 is 46.5 Å². The first kappa shape index (κ1) is 35.2. The SMILES string of the molecule is COCCOc1nc(N)nc2c1ncn2[C@@H]1C[C@H](COC(=O)c2ccccc2)[C@@H](COC(=O)c2ccccc2)C[C@H]1OC(=S)Oc1ccccc1. The molecule has 51 heavy (non-hydrogen) atoms. The Morgan fingerprint density at radius 2 is 1.41 bits per heavy atom. The number of fused-ring (bicyclic) bond motifs is 1. The molecule has 264 valence electrons. The molecule has 0 spiro atoms. The van der Waals surface area contributed by atoms with Crippen LogP contribution in [0.2, 0.25) is 0 Å². The number of imidazole rings is 1. The number of methoxy groups -OCH3 is 1. The number of esters is 2. The molecule has 4 atom stereocenters. The van der Waals surface area contributed by atoms with E-state index >= 15 is 0 Å². The summed E-state index contributed by atoms with van der Waals surface area (Å²) in [6.45, 7) is 0.651. The predicted molar refractivity (Wildman–Crippen MR) is 190 cm³/mol. The molecule has 2 aromatic heterocycles. The van der Waals surface area contributed by atoms with Crippen LogP contribution in [-0.2, 0) is 18.9 Å². The van der Waals surface area contributed by atoms with Gasteiger partial charge in [0.05, 0.1) is 43.3 Å². The molecule has 1 fully saturated rings. The summed E-state index contributed by atoms with van der Waals surface area (Å²) in [5.41, 5.74) is 7.80. The van der Waals surface area contributed by atoms with Crippen LogP contribution in [0, 0.1) is 11.8 Å². The van der Waals surface area contributed by atoms with Gasteiger partial charge in [-0.3, -0.25) is 0 Å². The Labute approximate surface area is 299 Å². The van der Waals surface area contributed by atoms with Crippen LogP contribution < -0.4 is 15.2 Å². The molecule has 3 aromatic carbocycles. The van der Waals surface area contributed by atoms with Gasteiger partial charge in [0.2, 0.25) is 11.8 Å². The first-order valence-corrected chi connectivity index (χ1v) is 16.8. The van der Waals surface area contributed by atoms with E-state index in [2.05, 4.69) is 15.0 Å². The van der Waals surface area contributed by atoms with Crippen molar-refractivity contribution in [1.29, 1.82) is 0 Å². The molecule has 6 rings (SSSR count). The fourth-order valence-corrected chi connectivity index (χ4v) is 6.23. The average molecular weight is 712 g/mol. The maximum absolute atomic E-state index is 13.1. The topological polar surface area (TPSA) is 159 Å². The number of para-hydroxylation sites is 1. The summed E-state index contributed by atoms with van der Waals surface area (Å²) < 4.78 is 36.7. The molecule has 0 bridgehead atoms. The molecule has 1 aliphatic rings. The maximum atomic E-state index is 13.1. The summed E-state index contributed by atoms with van der Waals surface area (Å²) in [4.78, 5) is 39.4. The molecule has 0 amide bonds. The molecule has 2 N–H and O–H groups in total. The fraction of sp³-hybridized carbons (Fsp3) is 0.297. The molecule has 1 aliphatic carbocycles. The number of benzene rings is 3. The third-order valence-electron chi connectivity index (χ3n) is 8.53. The number of thiocarbonyl (C=S) groups is 1. The smallest absolute Gasteiger partial charge is 0.358 e. The second kappa shape index (κ2) is 16.9. The fourth-order valence-electron chi connectivity index (χ4n) is 6.01. The van der Waals surface area contributed by atoms with E-state index in [1.54, 1.807) is 74.1 Å². The third-order valence-corrected chi connectivity index (χ3v) is 8.71. The zero-order valence-corrected chi connectivity index (χ0v) is 28.6. The van der Waals surface area contributed by atoms with Crippen LogP contribution >= 0.6 is 12.2 Å². The number of hydrogen-bond donors (Lipinski definition) is 1. The highest BCUT2D eigenvalue weighted by Gasteiger charge is 2.42. The largest absolute Gasteiger partial charge is 0.474 e. The second-order valence-corrected chi connectivity index (χ2v) is 12.2. The van der Waals surface area contributed by atoms with E-state index in [0.717, 1.165) is 0 Å². The van der Waals surface area contributed by atoms with Crippen LogP contribution in [-0.4, -0.2) is 76.3 Å². The van der Waals surface area contributed by atoms with Gasteiger partial charge in [-0.15, -0.1) is 0 Å². The van der Waals surface area contributed by atoms with Crippen molar-refractivity contribution in [3.63, 3.8) is 0 Å². The van der Waals surface area contributed by atoms with Crippen LogP contribution in [0.5, 0.6) is 11.6 Å². The van der Waals surface area contributed by atoms with Gasteiger partial charge in [0.15, 0.2) is 11.2 Å². The van der Waals surface area contributed by atoms with E-state index in [0.29, 0.717) is 47.5 Å². The molecule has 13 nitrogen and oxygen atoms in total. The lowest BCUT2D eigenvalue weighted by atomic mass is 9.75. The average Bonchev–Trinajstić information content (AvgIpc) is 3.58. The van der Waals surface area contributed by atoms with Gasteiger partial charge in [-0.25, -0.2) is 14.6 Å². The number of ether oxygens (including phenoxy) is 6. The third kappa shape index (κ3) is 8.96. The minimum Gasteiger partial charge on any atom is -0.474 e. The molecule has 0 unspecified atom stereocenters. The van der Waals surface area contributed by atoms with E-state index in [4.69, 9.17) is 46.4 Å². The second-order valence-electron chi connectivity index (χ2n) is 11.9. The van der Waals surface area contributed by atoms with Crippen molar-refractivity contribution in [2.24, 2.45) is 11.8 Å². The van der Waals surface area contributed by atoms with Crippen LogP contribution in [0.3, 0.4) is 0 Å². The van der Waals surface area contributed by atoms with E-state index in [1.807, 2.05) is 34.9 Å². The molecule has 0 radical (unpaired) electrons. The number of hydrogen-bond acceptors (Lipinski definition) is 13. The summed E-state index contributed by atoms with van der Waals surface area (Å²) >= 11 is 5.57. The van der Waals surface area contributed by atoms with Gasteiger partial charge < -0.3 is 38.7 Å². The lowest BCUT2D eigenvalue weighted by Gasteiger charge is -2.41. The number of carbonyl (C=O) groups is 2. The number of nitrogens with two attached hydrogens (primary N) is 1. The van der Waals surface area contributed by atoms with Gasteiger partial charge in [-0.1, -0.05) is 54.6 Å². The molecule has 0 aliphatic heterocycles. The lowest BCUT2D eigenvalue weighted by Crippen LogP contribution is -2.43. The highest BCUT2D eigenvalue weighted by molar-refractivity contribution is 7.79. The Morgan fingerprint density at radius 1 is 0.824 bits per heavy atom. The van der Waals surface area contributed by atoms with Crippen molar-refractivity contribution in [1.82, 2.24) is 19.5 Å². The van der Waals surface area contributed by atoms with E-state index in [9.17, 15) is 9.59 Å². The molecule has 14 heteroatoms. The van der Waals surface area contributed by atoms with Crippen molar-refractivity contribution < 1.29 is 38.0 Å². The minimum atomic E-state index is -0.617. The van der Waals surface area contributed by atoms with Gasteiger partial charge >= 0.3 is 17.2 Å². The first-order chi connectivity index (χ1) is 24.9. The Balaban J connectivity index is 1.31. The quantitative estimate of drug-likeness (QED) is 0.0933. The Kier molecular flexibility index (Phi) is 11.7. The summed E-state index contributed by atoms with van der Waals surface area (Å²) in [7, 11) is 1.57. The van der Waals surface area contributed by atoms with Gasteiger partial charge in [0, 0.05) is 31.2 Å². The predicted octanol–water partition coefficient (Wildman–Crippen LogP) is 5.46. The number of nitrogen functional groups attached to an aromatic ring is 1. The summed E-state index contributed by atoms with van der Waals surface area (Å²) in [6.07, 6.45) is 1.74. The highest BCUT2D eigenvalue weighted by atomic mass is 32.1. The molecular weight excluding hydrogens is 675 g/mol. The van der Waals surface area contributed by atoms with Crippen LogP contribution in [0.1, 0.15) is 39.6 Å². The number of carbonyl (C=O) groups excluding carboxylic acids is 2. The molecule has 0 saturated heterocycles. The Morgan fingerprint density at radius 3 is 2.02 bits per heavy atom. The van der Waals surface area contributed by atoms with Gasteiger partial charge in [0.25, 0.3) is 0 Å². The van der Waals surface area contributed by atoms with E-state index in [-0.39, 0.29) is 48.7 Å². The van der Waals surface area contributed by atoms with Crippen LogP contribution in [0.4, 0.5) is 5.95 Å². The van der Waals surface area contributed by atoms with Crippen molar-refractivity contribution in [2.75, 3.05) is 39.3 Å². The first-order valence-electron chi connectivity index (χ1n) is 16.4. The molecule has 5 aromatic rings. The highest BCUT2D eigenvalue weighted by Crippen LogP contribution is 2.41. The minimum absolute atomic E-state index is 0.00748. The van der Waals surface area contributed by atoms with Gasteiger partial charge in [-0.2, -0.15) is 9.97 Å². The van der Waals surface area contributed by atoms with Crippen molar-refractivity contribution in [3.8, 4) is 11.6 Å². The number of anilines is 1. The van der Waals surface area contributed by atoms with Crippen molar-refractivity contribution in [2.45, 2.75) is 25.0 Å². The zero-order valence-electron chi connectivity index (χ0n) is 27.8. The van der Waals surface area contributed by atoms with E-state index in [1.165, 1.54) is 0 Å². The molecule has 1 saturated carbocycles. The van der Waals surface area contributed by atoms with Crippen molar-refractivity contribution in [3.05, 3.63) is 108 Å². The lowest BCUT2D eigenvalue weighted by molar-refractivity contribution is -0.0289. The monoisotopic (exact) mass is 711 g/mol. The Hall–Kier alpha value is -5.60. The summed E-state index contributed by atoms with van der Waals surface area (Å²) in [5, 5.41) is -0.0904. The van der Waals surface area contributed by atoms with Gasteiger partial charge in [-0.05, 0) is 49.2 Å². The van der Waals surface area contributed by atoms with E-state index < -0.39 is 24.1 Å². The Bertz CT molecular complexity index is 1930. The standard InChI is InChI=1S/C37H37N5O8S/c1-45-17-18-46-33-31-32(40-36(38)41-33)42(23-39-31)29-19-26(21-47-34(43)24-11-5-2-6-12-24)27(22-48-35(44)25-13-7-3-8-14-25)20-30(29)50-37(51)49-28-15-9-4-10-16-28/h2-16,23,26-27,29-30H,17-22H2,1H3,(H2,38,40,41)/t26-,27-,29-,30-/m1/s1. The summed E-state index contributed by atoms with van der Waals surface area (Å²) in [5.74, 6) is -0.801. The number of aromatic nitrogens is 4. The number of nitrogens with zero attached hydrogens (tertiary/aromatic N) is 4. The maximum Gasteiger partial charge on any atom is 0.358 e. The van der Waals surface area contributed by atoms with Crippen LogP contribution in [0.15, 0.2) is 97.3 Å².